The molecule has 0 radical (unpaired) electrons. The predicted octanol–water partition coefficient (Wildman–Crippen LogP) is 3.73. The second-order valence-corrected chi connectivity index (χ2v) is 9.36. The number of likely N-dealkylation sites (tertiary alicyclic amines) is 1. The van der Waals surface area contributed by atoms with Crippen molar-refractivity contribution in [3.8, 4) is 11.5 Å². The van der Waals surface area contributed by atoms with Gasteiger partial charge in [0.05, 0.1) is 42.6 Å². The predicted molar refractivity (Wildman–Crippen MR) is 132 cm³/mol. The summed E-state index contributed by atoms with van der Waals surface area (Å²) in [5.74, 6) is 0.362. The number of methoxy groups -OCH3 is 2. The van der Waals surface area contributed by atoms with Gasteiger partial charge in [-0.15, -0.1) is 0 Å². The number of benzene rings is 2. The highest BCUT2D eigenvalue weighted by molar-refractivity contribution is 6.36. The maximum absolute atomic E-state index is 13.6. The third kappa shape index (κ3) is 4.11. The van der Waals surface area contributed by atoms with Crippen LogP contribution in [0.1, 0.15) is 52.8 Å². The number of piperidine rings is 2. The second kappa shape index (κ2) is 9.60. The van der Waals surface area contributed by atoms with Crippen molar-refractivity contribution < 1.29 is 23.9 Å². The van der Waals surface area contributed by atoms with E-state index in [4.69, 9.17) is 9.47 Å². The zero-order valence-corrected chi connectivity index (χ0v) is 20.3. The third-order valence-electron chi connectivity index (χ3n) is 7.30. The maximum atomic E-state index is 13.6. The largest absolute Gasteiger partial charge is 0.493 e. The monoisotopic (exact) mass is 477 g/mol. The Balaban J connectivity index is 1.42. The number of amides is 3. The first-order valence-corrected chi connectivity index (χ1v) is 12.3. The quantitative estimate of drug-likeness (QED) is 0.611. The van der Waals surface area contributed by atoms with Crippen molar-refractivity contribution in [3.63, 3.8) is 0 Å². The minimum absolute atomic E-state index is 0.0909. The standard InChI is InChI=1S/C27H31N3O5/c1-34-22-12-11-19(16-23(22)35-2)30-26(32)20-9-6-10-21(24(20)27(30)33)29-15-7-8-18(17-29)25(31)28-13-4-3-5-14-28/h6,9-12,16,18H,3-5,7-8,13-15,17H2,1-2H3. The highest BCUT2D eigenvalue weighted by atomic mass is 16.5. The number of ether oxygens (including phenoxy) is 2. The number of carbonyl (C=O) groups excluding carboxylic acids is 3. The molecule has 0 N–H and O–H groups in total. The molecule has 0 bridgehead atoms. The molecule has 2 saturated heterocycles. The molecular formula is C27H31N3O5. The minimum Gasteiger partial charge on any atom is -0.493 e. The van der Waals surface area contributed by atoms with Gasteiger partial charge < -0.3 is 19.3 Å². The van der Waals surface area contributed by atoms with Crippen LogP contribution in [-0.4, -0.2) is 63.0 Å². The topological polar surface area (TPSA) is 79.4 Å². The van der Waals surface area contributed by atoms with Crippen LogP contribution in [0.4, 0.5) is 11.4 Å². The van der Waals surface area contributed by atoms with Gasteiger partial charge in [0.2, 0.25) is 5.91 Å². The molecule has 1 atom stereocenters. The van der Waals surface area contributed by atoms with Gasteiger partial charge in [-0.05, 0) is 56.4 Å². The average molecular weight is 478 g/mol. The summed E-state index contributed by atoms with van der Waals surface area (Å²) < 4.78 is 10.7. The molecule has 3 amide bonds. The van der Waals surface area contributed by atoms with Crippen molar-refractivity contribution in [3.05, 3.63) is 47.5 Å². The molecular weight excluding hydrogens is 446 g/mol. The van der Waals surface area contributed by atoms with Crippen LogP contribution >= 0.6 is 0 Å². The van der Waals surface area contributed by atoms with E-state index >= 15 is 0 Å². The summed E-state index contributed by atoms with van der Waals surface area (Å²) in [5.41, 5.74) is 1.93. The number of hydrogen-bond donors (Lipinski definition) is 0. The zero-order chi connectivity index (χ0) is 24.5. The third-order valence-corrected chi connectivity index (χ3v) is 7.30. The van der Waals surface area contributed by atoms with Crippen LogP contribution in [0.5, 0.6) is 11.5 Å². The van der Waals surface area contributed by atoms with Crippen molar-refractivity contribution in [2.45, 2.75) is 32.1 Å². The molecule has 35 heavy (non-hydrogen) atoms. The molecule has 3 heterocycles. The number of fused-ring (bicyclic) bond motifs is 1. The number of rotatable bonds is 5. The first-order chi connectivity index (χ1) is 17.0. The fraction of sp³-hybridized carbons (Fsp3) is 0.444. The summed E-state index contributed by atoms with van der Waals surface area (Å²) >= 11 is 0. The van der Waals surface area contributed by atoms with Gasteiger partial charge in [-0.25, -0.2) is 4.90 Å². The SMILES string of the molecule is COc1ccc(N2C(=O)c3cccc(N4CCCC(C(=O)N5CCCCC5)C4)c3C2=O)cc1OC. The lowest BCUT2D eigenvalue weighted by Gasteiger charge is -2.37. The average Bonchev–Trinajstić information content (AvgIpc) is 3.18. The van der Waals surface area contributed by atoms with Crippen molar-refractivity contribution in [2.75, 3.05) is 50.2 Å². The molecule has 0 aromatic heterocycles. The molecule has 2 fully saturated rings. The fourth-order valence-electron chi connectivity index (χ4n) is 5.50. The van der Waals surface area contributed by atoms with Crippen molar-refractivity contribution in [1.82, 2.24) is 4.90 Å². The van der Waals surface area contributed by atoms with E-state index in [1.54, 1.807) is 24.3 Å². The molecule has 0 aliphatic carbocycles. The Bertz CT molecular complexity index is 1160. The van der Waals surface area contributed by atoms with Gasteiger partial charge in [-0.2, -0.15) is 0 Å². The van der Waals surface area contributed by atoms with Crippen molar-refractivity contribution in [1.29, 1.82) is 0 Å². The lowest BCUT2D eigenvalue weighted by molar-refractivity contribution is -0.136. The summed E-state index contributed by atoms with van der Waals surface area (Å²) in [4.78, 5) is 45.4. The molecule has 2 aromatic carbocycles. The second-order valence-electron chi connectivity index (χ2n) is 9.36. The number of nitrogens with zero attached hydrogens (tertiary/aromatic N) is 3. The van der Waals surface area contributed by atoms with E-state index < -0.39 is 0 Å². The highest BCUT2D eigenvalue weighted by Gasteiger charge is 2.41. The van der Waals surface area contributed by atoms with Gasteiger partial charge in [-0.3, -0.25) is 14.4 Å². The molecule has 0 spiro atoms. The molecule has 3 aliphatic heterocycles. The Morgan fingerprint density at radius 1 is 0.886 bits per heavy atom. The summed E-state index contributed by atoms with van der Waals surface area (Å²) in [6, 6.07) is 10.4. The number of carbonyl (C=O) groups is 3. The van der Waals surface area contributed by atoms with Gasteiger partial charge in [0, 0.05) is 32.2 Å². The van der Waals surface area contributed by atoms with E-state index in [1.165, 1.54) is 25.5 Å². The number of anilines is 2. The summed E-state index contributed by atoms with van der Waals surface area (Å²) in [7, 11) is 3.05. The summed E-state index contributed by atoms with van der Waals surface area (Å²) in [6.45, 7) is 2.98. The van der Waals surface area contributed by atoms with E-state index in [9.17, 15) is 14.4 Å². The van der Waals surface area contributed by atoms with Gasteiger partial charge in [-0.1, -0.05) is 6.07 Å². The van der Waals surface area contributed by atoms with E-state index in [2.05, 4.69) is 4.90 Å². The van der Waals surface area contributed by atoms with E-state index in [0.717, 1.165) is 51.0 Å². The normalized spacial score (nSPS) is 20.2. The Morgan fingerprint density at radius 2 is 1.66 bits per heavy atom. The smallest absolute Gasteiger partial charge is 0.268 e. The van der Waals surface area contributed by atoms with Crippen LogP contribution in [-0.2, 0) is 4.79 Å². The molecule has 8 heteroatoms. The van der Waals surface area contributed by atoms with Crippen LogP contribution in [0, 0.1) is 5.92 Å². The molecule has 3 aliphatic rings. The number of imide groups is 1. The fourth-order valence-corrected chi connectivity index (χ4v) is 5.50. The van der Waals surface area contributed by atoms with E-state index in [-0.39, 0.29) is 23.6 Å². The lowest BCUT2D eigenvalue weighted by atomic mass is 9.94. The summed E-state index contributed by atoms with van der Waals surface area (Å²) in [5, 5.41) is 0. The highest BCUT2D eigenvalue weighted by Crippen LogP contribution is 2.39. The van der Waals surface area contributed by atoms with Crippen LogP contribution in [0.15, 0.2) is 36.4 Å². The molecule has 5 rings (SSSR count). The molecule has 2 aromatic rings. The maximum Gasteiger partial charge on any atom is 0.268 e. The van der Waals surface area contributed by atoms with Gasteiger partial charge in [0.15, 0.2) is 11.5 Å². The van der Waals surface area contributed by atoms with Crippen LogP contribution in [0.25, 0.3) is 0 Å². The van der Waals surface area contributed by atoms with Gasteiger partial charge >= 0.3 is 0 Å². The Labute approximate surface area is 205 Å². The summed E-state index contributed by atoms with van der Waals surface area (Å²) in [6.07, 6.45) is 5.04. The number of hydrogen-bond acceptors (Lipinski definition) is 6. The molecule has 184 valence electrons. The van der Waals surface area contributed by atoms with Crippen LogP contribution in [0.3, 0.4) is 0 Å². The van der Waals surface area contributed by atoms with Crippen LogP contribution < -0.4 is 19.3 Å². The van der Waals surface area contributed by atoms with Gasteiger partial charge in [0.1, 0.15) is 0 Å². The lowest BCUT2D eigenvalue weighted by Crippen LogP contribution is -2.46. The Hall–Kier alpha value is -3.55. The van der Waals surface area contributed by atoms with Gasteiger partial charge in [0.25, 0.3) is 11.8 Å². The van der Waals surface area contributed by atoms with E-state index in [0.29, 0.717) is 34.9 Å². The molecule has 8 nitrogen and oxygen atoms in total. The molecule has 0 saturated carbocycles. The molecule has 1 unspecified atom stereocenters. The first kappa shape index (κ1) is 23.2. The Kier molecular flexibility index (Phi) is 6.36. The minimum atomic E-state index is -0.364. The Morgan fingerprint density at radius 3 is 2.40 bits per heavy atom. The van der Waals surface area contributed by atoms with Crippen molar-refractivity contribution >= 4 is 29.1 Å². The first-order valence-electron chi connectivity index (χ1n) is 12.3. The van der Waals surface area contributed by atoms with Crippen LogP contribution in [0.2, 0.25) is 0 Å². The van der Waals surface area contributed by atoms with E-state index in [1.807, 2.05) is 17.0 Å². The van der Waals surface area contributed by atoms with Crippen molar-refractivity contribution in [2.24, 2.45) is 5.92 Å². The zero-order valence-electron chi connectivity index (χ0n) is 20.3.